The molecule has 0 radical (unpaired) electrons. The molecule has 2 N–H and O–H groups in total. The minimum absolute atomic E-state index is 0.105. The van der Waals surface area contributed by atoms with Crippen LogP contribution >= 0.6 is 11.6 Å². The van der Waals surface area contributed by atoms with Gasteiger partial charge in [-0.3, -0.25) is 9.59 Å². The quantitative estimate of drug-likeness (QED) is 0.525. The number of aromatic amines is 1. The average Bonchev–Trinajstić information content (AvgIpc) is 2.78. The predicted octanol–water partition coefficient (Wildman–Crippen LogP) is 3.91. The van der Waals surface area contributed by atoms with Crippen molar-refractivity contribution >= 4 is 17.5 Å². The fourth-order valence-corrected chi connectivity index (χ4v) is 3.01. The molecule has 162 valence electrons. The number of halogens is 1. The molecular weight excluding hydrogens is 416 g/mol. The first-order chi connectivity index (χ1) is 15.0. The molecule has 0 aliphatic heterocycles. The SMILES string of the molecule is CC[C@@H](C)NC(=O)CCc1nnc(-c2ccc(OCc3ccccc3Cl)cc2)[nH]c1=O. The molecule has 0 fully saturated rings. The first-order valence-electron chi connectivity index (χ1n) is 10.2. The van der Waals surface area contributed by atoms with E-state index < -0.39 is 0 Å². The molecule has 0 aliphatic rings. The van der Waals surface area contributed by atoms with Gasteiger partial charge in [-0.05, 0) is 43.7 Å². The van der Waals surface area contributed by atoms with E-state index in [9.17, 15) is 9.59 Å². The number of hydrogen-bond acceptors (Lipinski definition) is 5. The number of nitrogens with zero attached hydrogens (tertiary/aromatic N) is 2. The Morgan fingerprint density at radius 2 is 1.90 bits per heavy atom. The normalized spacial score (nSPS) is 11.7. The van der Waals surface area contributed by atoms with Crippen molar-refractivity contribution in [1.82, 2.24) is 20.5 Å². The summed E-state index contributed by atoms with van der Waals surface area (Å²) in [6, 6.07) is 14.8. The van der Waals surface area contributed by atoms with Crippen LogP contribution in [0.1, 0.15) is 37.9 Å². The maximum atomic E-state index is 12.3. The topological polar surface area (TPSA) is 97.0 Å². The van der Waals surface area contributed by atoms with Crippen molar-refractivity contribution in [3.8, 4) is 17.1 Å². The number of ether oxygens (including phenoxy) is 1. The Morgan fingerprint density at radius 1 is 1.16 bits per heavy atom. The number of rotatable bonds is 9. The summed E-state index contributed by atoms with van der Waals surface area (Å²) in [5.41, 5.74) is 1.50. The summed E-state index contributed by atoms with van der Waals surface area (Å²) in [4.78, 5) is 27.0. The zero-order chi connectivity index (χ0) is 22.2. The highest BCUT2D eigenvalue weighted by Gasteiger charge is 2.11. The van der Waals surface area contributed by atoms with Crippen LogP contribution in [-0.4, -0.2) is 27.1 Å². The summed E-state index contributed by atoms with van der Waals surface area (Å²) in [6.45, 7) is 4.29. The number of aryl methyl sites for hydroxylation is 1. The van der Waals surface area contributed by atoms with Gasteiger partial charge in [0.05, 0.1) is 0 Å². The van der Waals surface area contributed by atoms with E-state index in [0.29, 0.717) is 28.8 Å². The minimum atomic E-state index is -0.347. The van der Waals surface area contributed by atoms with Crippen LogP contribution in [0.5, 0.6) is 5.75 Å². The highest BCUT2D eigenvalue weighted by Crippen LogP contribution is 2.21. The second-order valence-corrected chi connectivity index (χ2v) is 7.64. The summed E-state index contributed by atoms with van der Waals surface area (Å²) in [6.07, 6.45) is 1.28. The Hall–Kier alpha value is -3.19. The molecule has 0 unspecified atom stereocenters. The maximum absolute atomic E-state index is 12.3. The number of benzene rings is 2. The Morgan fingerprint density at radius 3 is 2.58 bits per heavy atom. The molecule has 31 heavy (non-hydrogen) atoms. The van der Waals surface area contributed by atoms with Crippen LogP contribution in [0.4, 0.5) is 0 Å². The van der Waals surface area contributed by atoms with Crippen LogP contribution < -0.4 is 15.6 Å². The summed E-state index contributed by atoms with van der Waals surface area (Å²) >= 11 is 6.14. The van der Waals surface area contributed by atoms with Gasteiger partial charge in [0.25, 0.3) is 5.56 Å². The lowest BCUT2D eigenvalue weighted by atomic mass is 10.2. The van der Waals surface area contributed by atoms with E-state index in [-0.39, 0.29) is 36.0 Å². The molecule has 0 spiro atoms. The van der Waals surface area contributed by atoms with E-state index >= 15 is 0 Å². The van der Waals surface area contributed by atoms with Crippen molar-refractivity contribution in [2.24, 2.45) is 0 Å². The number of nitrogens with one attached hydrogen (secondary N) is 2. The molecule has 1 atom stereocenters. The zero-order valence-electron chi connectivity index (χ0n) is 17.5. The summed E-state index contributed by atoms with van der Waals surface area (Å²) in [5.74, 6) is 0.922. The number of carbonyl (C=O) groups is 1. The van der Waals surface area contributed by atoms with Gasteiger partial charge in [-0.25, -0.2) is 0 Å². The molecule has 0 bridgehead atoms. The van der Waals surface area contributed by atoms with E-state index in [4.69, 9.17) is 16.3 Å². The lowest BCUT2D eigenvalue weighted by Crippen LogP contribution is -2.32. The van der Waals surface area contributed by atoms with Gasteiger partial charge in [0.1, 0.15) is 18.1 Å². The van der Waals surface area contributed by atoms with Crippen molar-refractivity contribution < 1.29 is 9.53 Å². The fraction of sp³-hybridized carbons (Fsp3) is 0.304. The summed E-state index contributed by atoms with van der Waals surface area (Å²) in [7, 11) is 0. The Labute approximate surface area is 185 Å². The second-order valence-electron chi connectivity index (χ2n) is 7.23. The van der Waals surface area contributed by atoms with E-state index in [2.05, 4.69) is 20.5 Å². The van der Waals surface area contributed by atoms with Crippen LogP contribution in [0, 0.1) is 0 Å². The Balaban J connectivity index is 1.60. The van der Waals surface area contributed by atoms with Gasteiger partial charge in [0.15, 0.2) is 5.82 Å². The van der Waals surface area contributed by atoms with Crippen molar-refractivity contribution in [2.45, 2.75) is 45.8 Å². The summed E-state index contributed by atoms with van der Waals surface area (Å²) < 4.78 is 5.77. The average molecular weight is 441 g/mol. The molecule has 7 nitrogen and oxygen atoms in total. The van der Waals surface area contributed by atoms with Crippen molar-refractivity contribution in [3.63, 3.8) is 0 Å². The molecule has 1 heterocycles. The monoisotopic (exact) mass is 440 g/mol. The highest BCUT2D eigenvalue weighted by molar-refractivity contribution is 6.31. The van der Waals surface area contributed by atoms with Gasteiger partial charge in [0.2, 0.25) is 5.91 Å². The van der Waals surface area contributed by atoms with Gasteiger partial charge in [-0.1, -0.05) is 36.7 Å². The molecule has 0 saturated heterocycles. The molecule has 2 aromatic carbocycles. The molecule has 0 aliphatic carbocycles. The maximum Gasteiger partial charge on any atom is 0.273 e. The van der Waals surface area contributed by atoms with Gasteiger partial charge < -0.3 is 15.0 Å². The number of carbonyl (C=O) groups excluding carboxylic acids is 1. The molecule has 1 aromatic heterocycles. The molecule has 1 amide bonds. The number of amides is 1. The van der Waals surface area contributed by atoms with Gasteiger partial charge in [-0.15, -0.1) is 10.2 Å². The largest absolute Gasteiger partial charge is 0.489 e. The minimum Gasteiger partial charge on any atom is -0.489 e. The third-order valence-corrected chi connectivity index (χ3v) is 5.22. The number of H-pyrrole nitrogens is 1. The number of aromatic nitrogens is 3. The second kappa shape index (κ2) is 10.7. The molecule has 3 aromatic rings. The van der Waals surface area contributed by atoms with E-state index in [1.807, 2.05) is 38.1 Å². The standard InChI is InChI=1S/C23H25ClN4O3/c1-3-15(2)25-21(29)13-12-20-23(30)26-22(28-27-20)16-8-10-18(11-9-16)31-14-17-6-4-5-7-19(17)24/h4-11,15H,3,12-14H2,1-2H3,(H,25,29)(H,26,28,30)/t15-/m1/s1. The molecule has 0 saturated carbocycles. The van der Waals surface area contributed by atoms with E-state index in [1.165, 1.54) is 0 Å². The lowest BCUT2D eigenvalue weighted by molar-refractivity contribution is -0.121. The third kappa shape index (κ3) is 6.39. The van der Waals surface area contributed by atoms with Gasteiger partial charge >= 0.3 is 0 Å². The van der Waals surface area contributed by atoms with Crippen molar-refractivity contribution in [3.05, 3.63) is 75.2 Å². The predicted molar refractivity (Wildman–Crippen MR) is 120 cm³/mol. The molecular formula is C23H25ClN4O3. The van der Waals surface area contributed by atoms with Gasteiger partial charge in [-0.2, -0.15) is 0 Å². The van der Waals surface area contributed by atoms with Crippen molar-refractivity contribution in [2.75, 3.05) is 0 Å². The highest BCUT2D eigenvalue weighted by atomic mass is 35.5. The Kier molecular flexibility index (Phi) is 7.78. The van der Waals surface area contributed by atoms with Crippen LogP contribution in [0.15, 0.2) is 53.3 Å². The van der Waals surface area contributed by atoms with E-state index in [0.717, 1.165) is 12.0 Å². The lowest BCUT2D eigenvalue weighted by Gasteiger charge is -2.10. The fourth-order valence-electron chi connectivity index (χ4n) is 2.82. The smallest absolute Gasteiger partial charge is 0.273 e. The summed E-state index contributed by atoms with van der Waals surface area (Å²) in [5, 5.41) is 11.6. The molecule has 8 heteroatoms. The third-order valence-electron chi connectivity index (χ3n) is 4.85. The number of hydrogen-bond donors (Lipinski definition) is 2. The first kappa shape index (κ1) is 22.5. The van der Waals surface area contributed by atoms with E-state index in [1.54, 1.807) is 24.3 Å². The van der Waals surface area contributed by atoms with Crippen molar-refractivity contribution in [1.29, 1.82) is 0 Å². The van der Waals surface area contributed by atoms with Crippen LogP contribution in [0.2, 0.25) is 5.02 Å². The zero-order valence-corrected chi connectivity index (χ0v) is 18.3. The van der Waals surface area contributed by atoms with Crippen LogP contribution in [0.3, 0.4) is 0 Å². The molecule has 3 rings (SSSR count). The first-order valence-corrected chi connectivity index (χ1v) is 10.6. The van der Waals surface area contributed by atoms with Crippen LogP contribution in [-0.2, 0) is 17.8 Å². The Bertz CT molecular complexity index is 1080. The van der Waals surface area contributed by atoms with Crippen LogP contribution in [0.25, 0.3) is 11.4 Å². The van der Waals surface area contributed by atoms with Gasteiger partial charge in [0, 0.05) is 35.0 Å².